The van der Waals surface area contributed by atoms with Gasteiger partial charge in [0, 0.05) is 30.5 Å². The van der Waals surface area contributed by atoms with Gasteiger partial charge in [0.05, 0.1) is 26.6 Å². The number of anilines is 1. The van der Waals surface area contributed by atoms with Gasteiger partial charge in [-0.2, -0.15) is 0 Å². The summed E-state index contributed by atoms with van der Waals surface area (Å²) in [6, 6.07) is 10.4. The van der Waals surface area contributed by atoms with Gasteiger partial charge in [0.1, 0.15) is 5.52 Å². The maximum absolute atomic E-state index is 13.4. The minimum absolute atomic E-state index is 0.252. The molecule has 0 aliphatic rings. The number of carbonyl (C=O) groups excluding carboxylic acids is 1. The van der Waals surface area contributed by atoms with E-state index >= 15 is 0 Å². The molecule has 0 saturated carbocycles. The van der Waals surface area contributed by atoms with Gasteiger partial charge >= 0.3 is 0 Å². The lowest BCUT2D eigenvalue weighted by Crippen LogP contribution is -2.32. The molecular formula is C20H15Cl3N4OS. The van der Waals surface area contributed by atoms with Crippen LogP contribution in [0.3, 0.4) is 0 Å². The summed E-state index contributed by atoms with van der Waals surface area (Å²) in [7, 11) is 0. The Morgan fingerprint density at radius 1 is 1.14 bits per heavy atom. The highest BCUT2D eigenvalue weighted by atomic mass is 35.5. The molecule has 1 amide bonds. The largest absolute Gasteiger partial charge is 0.337 e. The molecule has 4 rings (SSSR count). The third-order valence-corrected chi connectivity index (χ3v) is 6.26. The Balaban J connectivity index is 1.68. The van der Waals surface area contributed by atoms with Crippen LogP contribution in [-0.2, 0) is 6.54 Å². The molecule has 2 aromatic heterocycles. The molecule has 0 radical (unpaired) electrons. The van der Waals surface area contributed by atoms with Crippen molar-refractivity contribution in [3.05, 3.63) is 75.8 Å². The topological polar surface area (TPSA) is 51.0 Å². The number of fused-ring (bicyclic) bond motifs is 1. The number of para-hydroxylation sites is 1. The second kappa shape index (κ2) is 8.71. The van der Waals surface area contributed by atoms with Crippen LogP contribution in [0.2, 0.25) is 15.1 Å². The molecule has 0 aliphatic heterocycles. The highest BCUT2D eigenvalue weighted by molar-refractivity contribution is 7.22. The molecule has 0 atom stereocenters. The monoisotopic (exact) mass is 464 g/mol. The van der Waals surface area contributed by atoms with E-state index in [2.05, 4.69) is 9.97 Å². The fourth-order valence-corrected chi connectivity index (χ4v) is 4.60. The first-order chi connectivity index (χ1) is 14.0. The predicted octanol–water partition coefficient (Wildman–Crippen LogP) is 6.19. The molecule has 0 N–H and O–H groups in total. The fraction of sp³-hybridized carbons (Fsp3) is 0.150. The van der Waals surface area contributed by atoms with E-state index in [9.17, 15) is 4.79 Å². The number of aromatic nitrogens is 3. The molecule has 29 heavy (non-hydrogen) atoms. The molecule has 9 heteroatoms. The first-order valence-electron chi connectivity index (χ1n) is 8.80. The molecule has 0 aliphatic carbocycles. The molecule has 2 aromatic carbocycles. The summed E-state index contributed by atoms with van der Waals surface area (Å²) in [5.74, 6) is -0.252. The van der Waals surface area contributed by atoms with Gasteiger partial charge in [0.2, 0.25) is 0 Å². The van der Waals surface area contributed by atoms with Crippen LogP contribution >= 0.6 is 46.1 Å². The summed E-state index contributed by atoms with van der Waals surface area (Å²) in [5, 5.41) is 1.91. The van der Waals surface area contributed by atoms with Gasteiger partial charge in [-0.25, -0.2) is 9.97 Å². The molecule has 4 aromatic rings. The molecule has 2 heterocycles. The Labute approximate surface area is 186 Å². The Morgan fingerprint density at radius 2 is 2.00 bits per heavy atom. The van der Waals surface area contributed by atoms with Gasteiger partial charge in [-0.1, -0.05) is 52.2 Å². The van der Waals surface area contributed by atoms with Crippen molar-refractivity contribution in [3.8, 4) is 0 Å². The predicted molar refractivity (Wildman–Crippen MR) is 120 cm³/mol. The zero-order valence-electron chi connectivity index (χ0n) is 15.1. The van der Waals surface area contributed by atoms with E-state index in [0.29, 0.717) is 44.2 Å². The van der Waals surface area contributed by atoms with Crippen molar-refractivity contribution in [2.45, 2.75) is 13.0 Å². The lowest BCUT2D eigenvalue weighted by molar-refractivity contribution is 0.0986. The van der Waals surface area contributed by atoms with Crippen LogP contribution in [0.1, 0.15) is 16.8 Å². The van der Waals surface area contributed by atoms with E-state index in [1.54, 1.807) is 41.7 Å². The molecule has 0 unspecified atom stereocenters. The van der Waals surface area contributed by atoms with E-state index < -0.39 is 0 Å². The van der Waals surface area contributed by atoms with Crippen LogP contribution in [0, 0.1) is 0 Å². The maximum atomic E-state index is 13.4. The number of carbonyl (C=O) groups is 1. The van der Waals surface area contributed by atoms with Gasteiger partial charge in [-0.05, 0) is 36.8 Å². The quantitative estimate of drug-likeness (QED) is 0.341. The number of hydrogen-bond donors (Lipinski definition) is 0. The first kappa shape index (κ1) is 20.2. The molecular weight excluding hydrogens is 451 g/mol. The van der Waals surface area contributed by atoms with Crippen LogP contribution in [0.25, 0.3) is 10.2 Å². The number of amides is 1. The number of thiazole rings is 1. The molecule has 0 bridgehead atoms. The maximum Gasteiger partial charge on any atom is 0.261 e. The van der Waals surface area contributed by atoms with Crippen molar-refractivity contribution >= 4 is 67.4 Å². The van der Waals surface area contributed by atoms with Crippen LogP contribution in [0.5, 0.6) is 0 Å². The average molecular weight is 466 g/mol. The van der Waals surface area contributed by atoms with Crippen molar-refractivity contribution in [3.63, 3.8) is 0 Å². The number of benzene rings is 2. The summed E-state index contributed by atoms with van der Waals surface area (Å²) in [6.45, 7) is 1.18. The Bertz CT molecular complexity index is 1160. The van der Waals surface area contributed by atoms with Crippen molar-refractivity contribution in [2.24, 2.45) is 0 Å². The summed E-state index contributed by atoms with van der Waals surface area (Å²) in [6.07, 6.45) is 6.07. The average Bonchev–Trinajstić information content (AvgIpc) is 3.37. The third-order valence-electron chi connectivity index (χ3n) is 4.35. The number of aryl methyl sites for hydroxylation is 1. The van der Waals surface area contributed by atoms with E-state index in [1.165, 1.54) is 11.3 Å². The number of nitrogens with zero attached hydrogens (tertiary/aromatic N) is 4. The van der Waals surface area contributed by atoms with Gasteiger partial charge in [0.15, 0.2) is 5.13 Å². The van der Waals surface area contributed by atoms with Gasteiger partial charge in [0.25, 0.3) is 5.91 Å². The smallest absolute Gasteiger partial charge is 0.261 e. The number of hydrogen-bond acceptors (Lipinski definition) is 4. The van der Waals surface area contributed by atoms with E-state index in [-0.39, 0.29) is 5.91 Å². The van der Waals surface area contributed by atoms with Crippen molar-refractivity contribution in [1.82, 2.24) is 14.5 Å². The third kappa shape index (κ3) is 4.41. The lowest BCUT2D eigenvalue weighted by atomic mass is 10.2. The first-order valence-corrected chi connectivity index (χ1v) is 10.8. The Kier molecular flexibility index (Phi) is 6.06. The van der Waals surface area contributed by atoms with Gasteiger partial charge < -0.3 is 4.57 Å². The second-order valence-corrected chi connectivity index (χ2v) is 8.58. The van der Waals surface area contributed by atoms with Crippen LogP contribution in [0.4, 0.5) is 5.13 Å². The summed E-state index contributed by atoms with van der Waals surface area (Å²) < 4.78 is 2.88. The highest BCUT2D eigenvalue weighted by Gasteiger charge is 2.23. The summed E-state index contributed by atoms with van der Waals surface area (Å²) >= 11 is 20.1. The zero-order valence-corrected chi connectivity index (χ0v) is 18.1. The SMILES string of the molecule is O=C(c1cc(Cl)ccc1Cl)N(CCCn1ccnc1)c1nc2c(Cl)cccc2s1. The minimum atomic E-state index is -0.252. The van der Waals surface area contributed by atoms with E-state index in [0.717, 1.165) is 11.2 Å². The zero-order chi connectivity index (χ0) is 20.4. The minimum Gasteiger partial charge on any atom is -0.337 e. The van der Waals surface area contributed by atoms with Crippen LogP contribution in [0.15, 0.2) is 55.1 Å². The molecule has 0 saturated heterocycles. The second-order valence-electron chi connectivity index (χ2n) is 6.32. The normalized spacial score (nSPS) is 11.1. The van der Waals surface area contributed by atoms with Crippen LogP contribution < -0.4 is 4.90 Å². The molecule has 5 nitrogen and oxygen atoms in total. The number of halogens is 3. The number of rotatable bonds is 6. The van der Waals surface area contributed by atoms with E-state index in [1.807, 2.05) is 22.9 Å². The summed E-state index contributed by atoms with van der Waals surface area (Å²) in [5.41, 5.74) is 1.02. The Hall–Kier alpha value is -2.12. The van der Waals surface area contributed by atoms with Crippen molar-refractivity contribution in [1.29, 1.82) is 0 Å². The molecule has 148 valence electrons. The van der Waals surface area contributed by atoms with Crippen molar-refractivity contribution in [2.75, 3.05) is 11.4 Å². The van der Waals surface area contributed by atoms with E-state index in [4.69, 9.17) is 34.8 Å². The lowest BCUT2D eigenvalue weighted by Gasteiger charge is -2.20. The number of imidazole rings is 1. The van der Waals surface area contributed by atoms with Crippen LogP contribution in [-0.4, -0.2) is 27.0 Å². The fourth-order valence-electron chi connectivity index (χ4n) is 2.94. The highest BCUT2D eigenvalue weighted by Crippen LogP contribution is 2.34. The standard InChI is InChI=1S/C20H15Cl3N4OS/c21-13-5-6-15(22)14(11-13)19(28)27(9-2-8-26-10-7-24-12-26)20-25-18-16(23)3-1-4-17(18)29-20/h1,3-7,10-12H,2,8-9H2. The van der Waals surface area contributed by atoms with Crippen molar-refractivity contribution < 1.29 is 4.79 Å². The molecule has 0 fully saturated rings. The van der Waals surface area contributed by atoms with Gasteiger partial charge in [-0.3, -0.25) is 9.69 Å². The van der Waals surface area contributed by atoms with Gasteiger partial charge in [-0.15, -0.1) is 0 Å². The summed E-state index contributed by atoms with van der Waals surface area (Å²) in [4.78, 5) is 23.7. The molecule has 0 spiro atoms. The Morgan fingerprint density at radius 3 is 2.76 bits per heavy atom.